The molecule has 1 aromatic rings. The second-order valence-electron chi connectivity index (χ2n) is 2.28. The molecule has 1 aromatic carbocycles. The van der Waals surface area contributed by atoms with Crippen LogP contribution in [0.1, 0.15) is 11.1 Å². The van der Waals surface area contributed by atoms with Gasteiger partial charge in [-0.1, -0.05) is 5.92 Å². The predicted octanol–water partition coefficient (Wildman–Crippen LogP) is 1.02. The van der Waals surface area contributed by atoms with Crippen LogP contribution in [-0.2, 0) is 0 Å². The van der Waals surface area contributed by atoms with Gasteiger partial charge in [-0.2, -0.15) is 10.5 Å². The van der Waals surface area contributed by atoms with E-state index in [-0.39, 0.29) is 0 Å². The van der Waals surface area contributed by atoms with E-state index in [0.29, 0.717) is 16.8 Å². The highest BCUT2D eigenvalue weighted by molar-refractivity contribution is 5.57. The zero-order valence-electron chi connectivity index (χ0n) is 6.70. The highest BCUT2D eigenvalue weighted by atomic mass is 14.6. The lowest BCUT2D eigenvalue weighted by molar-refractivity contribution is 1.48. The fourth-order valence-electron chi connectivity index (χ4n) is 0.831. The minimum Gasteiger partial charge on any atom is -0.398 e. The minimum atomic E-state index is 0.379. The molecule has 0 atom stereocenters. The van der Waals surface area contributed by atoms with Crippen LogP contribution in [0.4, 0.5) is 5.69 Å². The zero-order chi connectivity index (χ0) is 9.68. The lowest BCUT2D eigenvalue weighted by atomic mass is 10.1. The summed E-state index contributed by atoms with van der Waals surface area (Å²) in [5, 5.41) is 16.8. The van der Waals surface area contributed by atoms with E-state index in [4.69, 9.17) is 16.3 Å². The van der Waals surface area contributed by atoms with Gasteiger partial charge in [0.2, 0.25) is 0 Å². The minimum absolute atomic E-state index is 0.379. The molecule has 0 saturated carbocycles. The van der Waals surface area contributed by atoms with Crippen molar-refractivity contribution in [2.45, 2.75) is 0 Å². The van der Waals surface area contributed by atoms with Gasteiger partial charge in [0.15, 0.2) is 6.07 Å². The van der Waals surface area contributed by atoms with E-state index in [0.717, 1.165) is 0 Å². The number of nitrogens with zero attached hydrogens (tertiary/aromatic N) is 2. The molecular weight excluding hydrogens is 162 g/mol. The number of anilines is 1. The van der Waals surface area contributed by atoms with Gasteiger partial charge in [-0.05, 0) is 18.2 Å². The number of nitrogens with two attached hydrogens (primary N) is 1. The molecule has 0 unspecified atom stereocenters. The maximum absolute atomic E-state index is 8.63. The number of nitrogen functional groups attached to an aromatic ring is 1. The summed E-state index contributed by atoms with van der Waals surface area (Å²) in [5.74, 6) is 4.82. The standard InChI is InChI=1S/C10H5N3/c11-5-1-2-8-3-4-10(13)9(6-8)7-12/h3-4,6H,13H2. The molecular formula is C10H5N3. The van der Waals surface area contributed by atoms with Gasteiger partial charge in [-0.15, -0.1) is 0 Å². The summed E-state index contributed by atoms with van der Waals surface area (Å²) >= 11 is 0. The Kier molecular flexibility index (Phi) is 2.54. The molecule has 0 spiro atoms. The fraction of sp³-hybridized carbons (Fsp3) is 0. The lowest BCUT2D eigenvalue weighted by Gasteiger charge is -1.95. The molecule has 0 aromatic heterocycles. The van der Waals surface area contributed by atoms with Crippen molar-refractivity contribution in [2.24, 2.45) is 0 Å². The van der Waals surface area contributed by atoms with Gasteiger partial charge in [0.05, 0.1) is 5.56 Å². The topological polar surface area (TPSA) is 73.6 Å². The largest absolute Gasteiger partial charge is 0.398 e. The van der Waals surface area contributed by atoms with Crippen molar-refractivity contribution in [1.29, 1.82) is 10.5 Å². The number of nitriles is 2. The molecule has 3 nitrogen and oxygen atoms in total. The van der Waals surface area contributed by atoms with Gasteiger partial charge in [-0.3, -0.25) is 0 Å². The zero-order valence-corrected chi connectivity index (χ0v) is 6.70. The molecule has 0 aliphatic carbocycles. The van der Waals surface area contributed by atoms with Crippen molar-refractivity contribution in [3.63, 3.8) is 0 Å². The average molecular weight is 167 g/mol. The van der Waals surface area contributed by atoms with Crippen LogP contribution >= 0.6 is 0 Å². The van der Waals surface area contributed by atoms with Gasteiger partial charge in [0.25, 0.3) is 0 Å². The summed E-state index contributed by atoms with van der Waals surface area (Å²) in [6.07, 6.45) is 0. The Balaban J connectivity index is 3.18. The van der Waals surface area contributed by atoms with Crippen molar-refractivity contribution in [2.75, 3.05) is 5.73 Å². The van der Waals surface area contributed by atoms with E-state index < -0.39 is 0 Å². The molecule has 0 aliphatic heterocycles. The second kappa shape index (κ2) is 3.81. The molecule has 1 rings (SSSR count). The third kappa shape index (κ3) is 1.99. The predicted molar refractivity (Wildman–Crippen MR) is 48.1 cm³/mol. The molecule has 0 amide bonds. The Morgan fingerprint density at radius 2 is 2.00 bits per heavy atom. The molecule has 0 fully saturated rings. The van der Waals surface area contributed by atoms with E-state index in [1.54, 1.807) is 24.3 Å². The van der Waals surface area contributed by atoms with Gasteiger partial charge >= 0.3 is 0 Å². The third-order valence-electron chi connectivity index (χ3n) is 1.44. The molecule has 0 saturated heterocycles. The van der Waals surface area contributed by atoms with Gasteiger partial charge in [-0.25, -0.2) is 0 Å². The van der Waals surface area contributed by atoms with E-state index in [1.807, 2.05) is 6.07 Å². The normalized spacial score (nSPS) is 7.54. The first-order valence-corrected chi connectivity index (χ1v) is 3.47. The molecule has 3 heteroatoms. The number of hydrogen-bond donors (Lipinski definition) is 1. The van der Waals surface area contributed by atoms with Crippen LogP contribution in [0.5, 0.6) is 0 Å². The maximum atomic E-state index is 8.63. The summed E-state index contributed by atoms with van der Waals surface area (Å²) < 4.78 is 0. The molecule has 60 valence electrons. The van der Waals surface area contributed by atoms with Gasteiger partial charge in [0, 0.05) is 17.2 Å². The first-order chi connectivity index (χ1) is 6.27. The summed E-state index contributed by atoms with van der Waals surface area (Å²) in [7, 11) is 0. The summed E-state index contributed by atoms with van der Waals surface area (Å²) in [6, 6.07) is 8.45. The molecule has 2 N–H and O–H groups in total. The SMILES string of the molecule is N#CC#Cc1ccc(N)c(C#N)c1. The maximum Gasteiger partial charge on any atom is 0.152 e. The van der Waals surface area contributed by atoms with E-state index >= 15 is 0 Å². The van der Waals surface area contributed by atoms with E-state index in [1.165, 1.54) is 0 Å². The first kappa shape index (κ1) is 8.65. The summed E-state index contributed by atoms with van der Waals surface area (Å²) in [5.41, 5.74) is 6.91. The summed E-state index contributed by atoms with van der Waals surface area (Å²) in [4.78, 5) is 0. The highest BCUT2D eigenvalue weighted by Gasteiger charge is 1.97. The Morgan fingerprint density at radius 3 is 2.62 bits per heavy atom. The Bertz CT molecular complexity index is 464. The second-order valence-corrected chi connectivity index (χ2v) is 2.28. The molecule has 0 aliphatic rings. The quantitative estimate of drug-likeness (QED) is 0.463. The van der Waals surface area contributed by atoms with Gasteiger partial charge < -0.3 is 5.73 Å². The van der Waals surface area contributed by atoms with Crippen LogP contribution in [0, 0.1) is 34.5 Å². The molecule has 0 bridgehead atoms. The Morgan fingerprint density at radius 1 is 1.23 bits per heavy atom. The van der Waals surface area contributed by atoms with Gasteiger partial charge in [0.1, 0.15) is 6.07 Å². The van der Waals surface area contributed by atoms with Crippen LogP contribution in [0.25, 0.3) is 0 Å². The van der Waals surface area contributed by atoms with Crippen molar-refractivity contribution in [3.05, 3.63) is 29.3 Å². The first-order valence-electron chi connectivity index (χ1n) is 3.47. The van der Waals surface area contributed by atoms with Crippen molar-refractivity contribution in [3.8, 4) is 24.0 Å². The number of hydrogen-bond acceptors (Lipinski definition) is 3. The molecule has 0 heterocycles. The highest BCUT2D eigenvalue weighted by Crippen LogP contribution is 2.11. The lowest BCUT2D eigenvalue weighted by Crippen LogP contribution is -1.90. The average Bonchev–Trinajstić information content (AvgIpc) is 2.16. The monoisotopic (exact) mass is 167 g/mol. The molecule has 13 heavy (non-hydrogen) atoms. The number of benzene rings is 1. The van der Waals surface area contributed by atoms with Crippen molar-refractivity contribution < 1.29 is 0 Å². The van der Waals surface area contributed by atoms with Crippen LogP contribution in [-0.4, -0.2) is 0 Å². The Labute approximate surface area is 76.0 Å². The van der Waals surface area contributed by atoms with Crippen molar-refractivity contribution in [1.82, 2.24) is 0 Å². The smallest absolute Gasteiger partial charge is 0.152 e. The van der Waals surface area contributed by atoms with Crippen LogP contribution in [0.15, 0.2) is 18.2 Å². The molecule has 0 radical (unpaired) electrons. The third-order valence-corrected chi connectivity index (χ3v) is 1.44. The van der Waals surface area contributed by atoms with Crippen LogP contribution < -0.4 is 5.73 Å². The number of rotatable bonds is 0. The Hall–Kier alpha value is -2.44. The summed E-state index contributed by atoms with van der Waals surface area (Å²) in [6.45, 7) is 0. The van der Waals surface area contributed by atoms with Crippen LogP contribution in [0.3, 0.4) is 0 Å². The van der Waals surface area contributed by atoms with E-state index in [2.05, 4.69) is 11.8 Å². The van der Waals surface area contributed by atoms with E-state index in [9.17, 15) is 0 Å². The van der Waals surface area contributed by atoms with Crippen molar-refractivity contribution >= 4 is 5.69 Å². The fourth-order valence-corrected chi connectivity index (χ4v) is 0.831. The van der Waals surface area contributed by atoms with Crippen LogP contribution in [0.2, 0.25) is 0 Å².